The average Bonchev–Trinajstić information content (AvgIpc) is 0.875. The zero-order valence-electron chi connectivity index (χ0n) is 61.7. The molecule has 0 N–H and O–H groups in total. The Morgan fingerprint density at radius 1 is 0.271 bits per heavy atom. The summed E-state index contributed by atoms with van der Waals surface area (Å²) in [5, 5.41) is 0. The van der Waals surface area contributed by atoms with Gasteiger partial charge in [0.15, 0.2) is 30.5 Å². The molecule has 5 aromatic heterocycles. The van der Waals surface area contributed by atoms with Crippen LogP contribution in [-0.2, 0) is 35.2 Å². The van der Waals surface area contributed by atoms with Gasteiger partial charge in [-0.3, -0.25) is 0 Å². The van der Waals surface area contributed by atoms with Gasteiger partial charge in [-0.1, -0.05) is 83.9 Å². The van der Waals surface area contributed by atoms with Gasteiger partial charge in [0.1, 0.15) is 35.2 Å². The molecule has 0 atom stereocenters. The number of rotatable bonds is 5. The van der Waals surface area contributed by atoms with E-state index in [9.17, 15) is 0 Å². The second kappa shape index (κ2) is 28.6. The lowest BCUT2D eigenvalue weighted by Crippen LogP contribution is -2.35. The molecule has 10 aromatic rings. The number of hydrogen-bond donors (Lipinski definition) is 0. The Hall–Kier alpha value is -8.15. The highest BCUT2D eigenvalue weighted by atomic mass is 15.0. The second-order valence-electron chi connectivity index (χ2n) is 24.0. The zero-order valence-corrected chi connectivity index (χ0v) is 55.7. The Kier molecular flexibility index (Phi) is 19.3. The van der Waals surface area contributed by atoms with Crippen LogP contribution in [0.4, 0.5) is 0 Å². The number of hydrogen-bond acceptors (Lipinski definition) is 0. The molecule has 5 aromatic carbocycles. The van der Waals surface area contributed by atoms with Crippen LogP contribution in [0.25, 0.3) is 56.3 Å². The Labute approximate surface area is 522 Å². The summed E-state index contributed by atoms with van der Waals surface area (Å²) >= 11 is 0. The summed E-state index contributed by atoms with van der Waals surface area (Å²) in [7, 11) is 10.2. The number of nitrogens with zero attached hydrogens (tertiary/aromatic N) is 5. The van der Waals surface area contributed by atoms with Gasteiger partial charge < -0.3 is 0 Å². The van der Waals surface area contributed by atoms with Gasteiger partial charge >= 0.3 is 0 Å². The maximum atomic E-state index is 7.59. The highest BCUT2D eigenvalue weighted by Gasteiger charge is 2.21. The molecule has 0 amide bonds. The molecule has 440 valence electrons. The van der Waals surface area contributed by atoms with E-state index in [2.05, 4.69) is 267 Å². The highest BCUT2D eigenvalue weighted by molar-refractivity contribution is 5.68. The summed E-state index contributed by atoms with van der Waals surface area (Å²) in [6.07, 6.45) is 7.85. The maximum Gasteiger partial charge on any atom is 0.215 e. The topological polar surface area (TPSA) is 19.4 Å². The molecular formula is C80H100N5+5. The monoisotopic (exact) mass is 1140 g/mol. The fourth-order valence-electron chi connectivity index (χ4n) is 11.0. The molecule has 0 unspecified atom stereocenters. The predicted molar refractivity (Wildman–Crippen MR) is 360 cm³/mol. The molecule has 0 aliphatic carbocycles. The van der Waals surface area contributed by atoms with Crippen molar-refractivity contribution >= 4 is 0 Å². The van der Waals surface area contributed by atoms with Crippen LogP contribution in [0.15, 0.2) is 152 Å². The van der Waals surface area contributed by atoms with E-state index < -0.39 is 13.7 Å². The summed E-state index contributed by atoms with van der Waals surface area (Å²) in [5.74, 6) is 0. The number of aryl methyl sites for hydroxylation is 23. The minimum Gasteiger partial charge on any atom is -0.201 e. The van der Waals surface area contributed by atoms with Crippen LogP contribution in [0.5, 0.6) is 0 Å². The van der Waals surface area contributed by atoms with E-state index in [-0.39, 0.29) is 0 Å². The molecule has 0 saturated heterocycles. The first-order valence-electron chi connectivity index (χ1n) is 32.7. The van der Waals surface area contributed by atoms with Crippen LogP contribution in [0.2, 0.25) is 0 Å². The molecule has 0 aliphatic heterocycles. The highest BCUT2D eigenvalue weighted by Crippen LogP contribution is 2.29. The molecule has 10 rings (SSSR count). The van der Waals surface area contributed by atoms with E-state index in [0.29, 0.717) is 11.1 Å². The van der Waals surface area contributed by atoms with Gasteiger partial charge in [-0.25, -0.2) is 18.3 Å². The molecular weight excluding hydrogens is 1030 g/mol. The molecule has 0 saturated carbocycles. The van der Waals surface area contributed by atoms with Crippen LogP contribution in [0.3, 0.4) is 0 Å². The first-order chi connectivity index (χ1) is 42.4. The first kappa shape index (κ1) is 57.3. The normalized spacial score (nSPS) is 12.0. The van der Waals surface area contributed by atoms with Crippen molar-refractivity contribution in [2.45, 2.75) is 138 Å². The van der Waals surface area contributed by atoms with Gasteiger partial charge in [0.25, 0.3) is 0 Å². The fourth-order valence-corrected chi connectivity index (χ4v) is 11.0. The Morgan fingerprint density at radius 2 is 0.600 bits per heavy atom. The Bertz CT molecular complexity index is 4260. The van der Waals surface area contributed by atoms with E-state index in [1.807, 2.05) is 55.3 Å². The average molecular weight is 1140 g/mol. The lowest BCUT2D eigenvalue weighted by atomic mass is 9.97. The van der Waals surface area contributed by atoms with Crippen LogP contribution in [0.1, 0.15) is 120 Å². The molecule has 5 nitrogen and oxygen atoms in total. The van der Waals surface area contributed by atoms with Gasteiger partial charge in [0.2, 0.25) is 28.5 Å². The molecule has 0 aliphatic rings. The van der Waals surface area contributed by atoms with Crippen LogP contribution < -0.4 is 22.8 Å². The largest absolute Gasteiger partial charge is 0.215 e. The third-order valence-corrected chi connectivity index (χ3v) is 16.9. The van der Waals surface area contributed by atoms with E-state index in [1.54, 1.807) is 12.4 Å². The van der Waals surface area contributed by atoms with E-state index in [0.717, 1.165) is 28.1 Å². The van der Waals surface area contributed by atoms with Crippen molar-refractivity contribution < 1.29 is 31.1 Å². The minimum absolute atomic E-state index is 0.411. The summed E-state index contributed by atoms with van der Waals surface area (Å²) in [6.45, 7) is 33.9. The zero-order chi connectivity index (χ0) is 67.9. The van der Waals surface area contributed by atoms with Crippen molar-refractivity contribution in [1.82, 2.24) is 0 Å². The third-order valence-electron chi connectivity index (χ3n) is 16.9. The number of aromatic nitrogens is 5. The van der Waals surface area contributed by atoms with Gasteiger partial charge in [-0.15, -0.1) is 0 Å². The van der Waals surface area contributed by atoms with Gasteiger partial charge in [0.05, 0.1) is 11.1 Å². The van der Waals surface area contributed by atoms with Crippen molar-refractivity contribution in [2.24, 2.45) is 35.2 Å². The standard InChI is InChI=1S/5C16H20N/c2*1-11-6-7-12(2)15(8-11)16-9-13(3)14(4)10-17(16)5;2*1-11-7-6-8-12(2)16(11)15-9-13(3)14(4)10-17(15)5;1-11-7-6-8-15(14(11)4)16-12(2)9-10-13(3)17(16)5/h5*6-10H,1-5H3/q5*+1/i4D3;;4D3;;. The number of pyridine rings is 5. The quantitative estimate of drug-likeness (QED) is 0.153. The van der Waals surface area contributed by atoms with E-state index in [4.69, 9.17) is 8.22 Å². The lowest BCUT2D eigenvalue weighted by Gasteiger charge is -2.10. The SMILES string of the molecule is Cc1cc(-c2c(C)cccc2C)[n+](C)cc1C.Cc1ccc(C)c(-c2cc(C)c(C)c[n+]2C)c1.Cc1cccc(-c2c(C)ccc(C)[n+]2C)c1C.[2H]C([2H])([2H])c1c[n+](C)c(-c2c(C)cccc2C)cc1C.[2H]C([2H])([2H])c1c[n+](C)c(-c2cc(C)ccc2C)cc1C. The lowest BCUT2D eigenvalue weighted by molar-refractivity contribution is -0.667. The third kappa shape index (κ3) is 16.0. The van der Waals surface area contributed by atoms with E-state index >= 15 is 0 Å². The molecule has 0 spiro atoms. The molecule has 85 heavy (non-hydrogen) atoms. The molecule has 0 fully saturated rings. The Balaban J connectivity index is 0.000000181. The number of benzene rings is 5. The van der Waals surface area contributed by atoms with Crippen LogP contribution in [-0.4, -0.2) is 0 Å². The van der Waals surface area contributed by atoms with Crippen LogP contribution in [0, 0.1) is 138 Å². The summed E-state index contributed by atoms with van der Waals surface area (Å²) in [6, 6.07) is 45.0. The van der Waals surface area contributed by atoms with Gasteiger partial charge in [-0.2, -0.15) is 4.57 Å². The van der Waals surface area contributed by atoms with Crippen molar-refractivity contribution in [1.29, 1.82) is 0 Å². The predicted octanol–water partition coefficient (Wildman–Crippen LogP) is 17.1. The minimum atomic E-state index is -2.07. The first-order valence-corrected chi connectivity index (χ1v) is 29.7. The Morgan fingerprint density at radius 3 is 1.00 bits per heavy atom. The fraction of sp³-hybridized carbons (Fsp3) is 0.312. The molecule has 5 heterocycles. The molecule has 5 heteroatoms. The summed E-state index contributed by atoms with van der Waals surface area (Å²) in [4.78, 5) is 0. The molecule has 0 radical (unpaired) electrons. The van der Waals surface area contributed by atoms with Gasteiger partial charge in [0, 0.05) is 90.0 Å². The second-order valence-corrected chi connectivity index (χ2v) is 24.0. The van der Waals surface area contributed by atoms with Crippen LogP contribution >= 0.6 is 0 Å². The maximum absolute atomic E-state index is 7.59. The van der Waals surface area contributed by atoms with Gasteiger partial charge in [-0.05, 0) is 222 Å². The van der Waals surface area contributed by atoms with Crippen molar-refractivity contribution in [3.8, 4) is 56.3 Å². The summed E-state index contributed by atoms with van der Waals surface area (Å²) < 4.78 is 56.0. The van der Waals surface area contributed by atoms with Crippen molar-refractivity contribution in [3.63, 3.8) is 0 Å². The van der Waals surface area contributed by atoms with Crippen molar-refractivity contribution in [2.75, 3.05) is 0 Å². The molecule has 0 bridgehead atoms. The van der Waals surface area contributed by atoms with E-state index in [1.165, 1.54) is 128 Å². The smallest absolute Gasteiger partial charge is 0.201 e. The van der Waals surface area contributed by atoms with Crippen molar-refractivity contribution in [3.05, 3.63) is 264 Å². The summed E-state index contributed by atoms with van der Waals surface area (Å²) in [5.41, 5.74) is 35.6.